The number of amides is 1. The second-order valence-corrected chi connectivity index (χ2v) is 2.41. The van der Waals surface area contributed by atoms with E-state index in [1.807, 2.05) is 0 Å². The molecule has 0 bridgehead atoms. The van der Waals surface area contributed by atoms with Gasteiger partial charge in [0.1, 0.15) is 0 Å². The third-order valence-corrected chi connectivity index (χ3v) is 1.60. The van der Waals surface area contributed by atoms with Crippen molar-refractivity contribution in [2.24, 2.45) is 11.6 Å². The van der Waals surface area contributed by atoms with Gasteiger partial charge in [0, 0.05) is 11.3 Å². The number of carbonyl (C=O) groups is 1. The second-order valence-electron chi connectivity index (χ2n) is 2.41. The molecular weight excluding hydrogens is 142 g/mol. The lowest BCUT2D eigenvalue weighted by atomic mass is 10.0. The van der Waals surface area contributed by atoms with Crippen molar-refractivity contribution in [1.29, 1.82) is 0 Å². The van der Waals surface area contributed by atoms with Gasteiger partial charge in [0.25, 0.3) is 5.91 Å². The van der Waals surface area contributed by atoms with Gasteiger partial charge in [0.2, 0.25) is 0 Å². The van der Waals surface area contributed by atoms with Gasteiger partial charge >= 0.3 is 0 Å². The molecule has 0 radical (unpaired) electrons. The first-order valence-corrected chi connectivity index (χ1v) is 3.40. The molecule has 0 aromatic heterocycles. The average molecular weight is 153 g/mol. The molecule has 1 amide bonds. The molecule has 60 valence electrons. The van der Waals surface area contributed by atoms with E-state index in [-0.39, 0.29) is 5.91 Å². The van der Waals surface area contributed by atoms with Crippen LogP contribution >= 0.6 is 0 Å². The highest BCUT2D eigenvalue weighted by Gasteiger charge is 2.09. The number of hydrogen-bond acceptors (Lipinski definition) is 3. The van der Waals surface area contributed by atoms with Gasteiger partial charge in [0.05, 0.1) is 0 Å². The van der Waals surface area contributed by atoms with E-state index >= 15 is 0 Å². The van der Waals surface area contributed by atoms with E-state index in [9.17, 15) is 4.79 Å². The van der Waals surface area contributed by atoms with Crippen LogP contribution in [0.2, 0.25) is 0 Å². The molecule has 0 aromatic carbocycles. The summed E-state index contributed by atoms with van der Waals surface area (Å²) < 4.78 is 0. The Hall–Kier alpha value is -1.29. The maximum Gasteiger partial charge on any atom is 0.261 e. The highest BCUT2D eigenvalue weighted by molar-refractivity contribution is 5.93. The number of rotatable bonds is 1. The van der Waals surface area contributed by atoms with E-state index in [0.29, 0.717) is 12.0 Å². The minimum absolute atomic E-state index is 0.228. The van der Waals surface area contributed by atoms with Crippen molar-refractivity contribution < 1.29 is 4.79 Å². The highest BCUT2D eigenvalue weighted by Crippen LogP contribution is 2.14. The van der Waals surface area contributed by atoms with Crippen molar-refractivity contribution in [3.8, 4) is 0 Å². The SMILES string of the molecule is NNC(=O)C1=CC=C(N)CC1. The zero-order chi connectivity index (χ0) is 8.27. The quantitative estimate of drug-likeness (QED) is 0.271. The van der Waals surface area contributed by atoms with Gasteiger partial charge in [-0.25, -0.2) is 5.84 Å². The lowest BCUT2D eigenvalue weighted by Gasteiger charge is -2.09. The minimum atomic E-state index is -0.228. The fraction of sp³-hybridized carbons (Fsp3) is 0.286. The van der Waals surface area contributed by atoms with Crippen LogP contribution in [0.25, 0.3) is 0 Å². The summed E-state index contributed by atoms with van der Waals surface area (Å²) in [6.45, 7) is 0. The van der Waals surface area contributed by atoms with Gasteiger partial charge in [-0.15, -0.1) is 0 Å². The molecule has 0 saturated heterocycles. The fourth-order valence-electron chi connectivity index (χ4n) is 0.935. The summed E-state index contributed by atoms with van der Waals surface area (Å²) in [6, 6.07) is 0. The molecule has 0 spiro atoms. The number of allylic oxidation sites excluding steroid dienone is 3. The smallest absolute Gasteiger partial charge is 0.261 e. The standard InChI is InChI=1S/C7H11N3O/c8-6-3-1-5(2-4-6)7(11)10-9/h1,3H,2,4,8-9H2,(H,10,11). The van der Waals surface area contributed by atoms with E-state index in [0.717, 1.165) is 12.1 Å². The molecule has 0 atom stereocenters. The van der Waals surface area contributed by atoms with E-state index in [1.165, 1.54) is 0 Å². The van der Waals surface area contributed by atoms with Crippen LogP contribution in [0.15, 0.2) is 23.4 Å². The molecule has 4 nitrogen and oxygen atoms in total. The predicted octanol–water partition coefficient (Wildman–Crippen LogP) is -0.461. The molecule has 0 saturated carbocycles. The number of carbonyl (C=O) groups excluding carboxylic acids is 1. The van der Waals surface area contributed by atoms with Crippen molar-refractivity contribution in [3.05, 3.63) is 23.4 Å². The number of nitrogens with two attached hydrogens (primary N) is 2. The first-order chi connectivity index (χ1) is 5.24. The van der Waals surface area contributed by atoms with Crippen molar-refractivity contribution in [3.63, 3.8) is 0 Å². The van der Waals surface area contributed by atoms with Crippen LogP contribution < -0.4 is 17.0 Å². The van der Waals surface area contributed by atoms with E-state index in [1.54, 1.807) is 12.2 Å². The summed E-state index contributed by atoms with van der Waals surface area (Å²) in [5, 5.41) is 0. The zero-order valence-corrected chi connectivity index (χ0v) is 6.13. The van der Waals surface area contributed by atoms with Crippen molar-refractivity contribution >= 4 is 5.91 Å². The van der Waals surface area contributed by atoms with Crippen molar-refractivity contribution in [1.82, 2.24) is 5.43 Å². The zero-order valence-electron chi connectivity index (χ0n) is 6.13. The lowest BCUT2D eigenvalue weighted by molar-refractivity contribution is -0.117. The number of hydrogen-bond donors (Lipinski definition) is 3. The monoisotopic (exact) mass is 153 g/mol. The van der Waals surface area contributed by atoms with Gasteiger partial charge in [-0.1, -0.05) is 6.08 Å². The van der Waals surface area contributed by atoms with Gasteiger partial charge in [-0.3, -0.25) is 10.2 Å². The predicted molar refractivity (Wildman–Crippen MR) is 41.9 cm³/mol. The molecule has 1 aliphatic carbocycles. The van der Waals surface area contributed by atoms with Gasteiger partial charge in [-0.05, 0) is 18.9 Å². The van der Waals surface area contributed by atoms with Crippen LogP contribution in [0.3, 0.4) is 0 Å². The Balaban J connectivity index is 2.68. The third kappa shape index (κ3) is 1.81. The Morgan fingerprint density at radius 2 is 2.18 bits per heavy atom. The Morgan fingerprint density at radius 1 is 1.45 bits per heavy atom. The van der Waals surface area contributed by atoms with E-state index in [4.69, 9.17) is 11.6 Å². The van der Waals surface area contributed by atoms with Gasteiger partial charge < -0.3 is 5.73 Å². The first-order valence-electron chi connectivity index (χ1n) is 3.40. The first kappa shape index (κ1) is 7.81. The Bertz CT molecular complexity index is 230. The van der Waals surface area contributed by atoms with E-state index in [2.05, 4.69) is 5.43 Å². The summed E-state index contributed by atoms with van der Waals surface area (Å²) >= 11 is 0. The van der Waals surface area contributed by atoms with E-state index < -0.39 is 0 Å². The van der Waals surface area contributed by atoms with Crippen molar-refractivity contribution in [2.45, 2.75) is 12.8 Å². The fourth-order valence-corrected chi connectivity index (χ4v) is 0.935. The maximum atomic E-state index is 10.9. The Kier molecular flexibility index (Phi) is 2.28. The van der Waals surface area contributed by atoms with Crippen LogP contribution in [0.1, 0.15) is 12.8 Å². The maximum absolute atomic E-state index is 10.9. The second kappa shape index (κ2) is 3.21. The summed E-state index contributed by atoms with van der Waals surface area (Å²) in [6.07, 6.45) is 4.83. The summed E-state index contributed by atoms with van der Waals surface area (Å²) in [5.74, 6) is 4.72. The van der Waals surface area contributed by atoms with Crippen molar-refractivity contribution in [2.75, 3.05) is 0 Å². The van der Waals surface area contributed by atoms with Gasteiger partial charge in [0.15, 0.2) is 0 Å². The molecular formula is C7H11N3O. The number of hydrazine groups is 1. The van der Waals surface area contributed by atoms with Crippen LogP contribution in [0.5, 0.6) is 0 Å². The minimum Gasteiger partial charge on any atom is -0.402 e. The summed E-state index contributed by atoms with van der Waals surface area (Å²) in [7, 11) is 0. The Labute approximate surface area is 64.9 Å². The number of nitrogens with one attached hydrogen (secondary N) is 1. The molecule has 4 heteroatoms. The van der Waals surface area contributed by atoms with Crippen LogP contribution in [-0.4, -0.2) is 5.91 Å². The molecule has 1 aliphatic rings. The molecule has 0 fully saturated rings. The van der Waals surface area contributed by atoms with Crippen LogP contribution in [-0.2, 0) is 4.79 Å². The molecule has 5 N–H and O–H groups in total. The lowest BCUT2D eigenvalue weighted by Crippen LogP contribution is -2.31. The van der Waals surface area contributed by atoms with Crippen LogP contribution in [0, 0.1) is 0 Å². The molecule has 0 heterocycles. The summed E-state index contributed by atoms with van der Waals surface area (Å²) in [5.41, 5.74) is 9.05. The van der Waals surface area contributed by atoms with Crippen LogP contribution in [0.4, 0.5) is 0 Å². The molecule has 1 rings (SSSR count). The van der Waals surface area contributed by atoms with Gasteiger partial charge in [-0.2, -0.15) is 0 Å². The normalized spacial score (nSPS) is 16.8. The third-order valence-electron chi connectivity index (χ3n) is 1.60. The summed E-state index contributed by atoms with van der Waals surface area (Å²) in [4.78, 5) is 10.9. The molecule has 0 aliphatic heterocycles. The molecule has 0 aromatic rings. The largest absolute Gasteiger partial charge is 0.402 e. The molecule has 11 heavy (non-hydrogen) atoms. The molecule has 0 unspecified atom stereocenters. The Morgan fingerprint density at radius 3 is 2.64 bits per heavy atom. The average Bonchev–Trinajstić information content (AvgIpc) is 2.05. The topological polar surface area (TPSA) is 81.1 Å². The highest BCUT2D eigenvalue weighted by atomic mass is 16.2.